The normalized spacial score (nSPS) is 20.4. The monoisotopic (exact) mass is 345 g/mol. The zero-order chi connectivity index (χ0) is 17.8. The number of carbonyl (C=O) groups is 1. The third-order valence-electron chi connectivity index (χ3n) is 4.42. The largest absolute Gasteiger partial charge is 0.496 e. The lowest BCUT2D eigenvalue weighted by molar-refractivity contribution is -0.122. The number of nitrogens with one attached hydrogen (secondary N) is 1. The van der Waals surface area contributed by atoms with Crippen LogP contribution in [0.15, 0.2) is 36.8 Å². The summed E-state index contributed by atoms with van der Waals surface area (Å²) in [7, 11) is 1.50. The van der Waals surface area contributed by atoms with Crippen LogP contribution in [-0.4, -0.2) is 34.2 Å². The fraction of sp³-hybridized carbons (Fsp3) is 0.389. The molecule has 1 fully saturated rings. The third kappa shape index (κ3) is 4.11. The molecule has 1 saturated carbocycles. The Bertz CT molecular complexity index is 736. The second-order valence-corrected chi connectivity index (χ2v) is 6.19. The molecule has 1 aromatic heterocycles. The Kier molecular flexibility index (Phi) is 5.23. The molecule has 2 N–H and O–H groups in total. The van der Waals surface area contributed by atoms with E-state index >= 15 is 0 Å². The second-order valence-electron chi connectivity index (χ2n) is 6.19. The first kappa shape index (κ1) is 17.3. The molecule has 2 aromatic rings. The molecule has 1 aromatic carbocycles. The average Bonchev–Trinajstić information content (AvgIpc) is 2.58. The standard InChI is InChI=1S/C18H20FN3O3/c1-25-16-3-2-12(19)8-15(16)18(11-6-14(23)7-11)22-17(24)9-13-10-20-4-5-21-13/h2-5,8,10-11,14,18,23H,6-7,9H2,1H3,(H,22,24). The minimum atomic E-state index is -0.432. The molecule has 25 heavy (non-hydrogen) atoms. The number of rotatable bonds is 6. The van der Waals surface area contributed by atoms with Crippen molar-refractivity contribution in [2.45, 2.75) is 31.4 Å². The van der Waals surface area contributed by atoms with Gasteiger partial charge in [0.25, 0.3) is 0 Å². The molecular weight excluding hydrogens is 325 g/mol. The second kappa shape index (κ2) is 7.57. The molecule has 6 nitrogen and oxygen atoms in total. The van der Waals surface area contributed by atoms with Crippen molar-refractivity contribution in [3.05, 3.63) is 53.9 Å². The van der Waals surface area contributed by atoms with Crippen LogP contribution in [0, 0.1) is 11.7 Å². The highest BCUT2D eigenvalue weighted by Crippen LogP contribution is 2.41. The smallest absolute Gasteiger partial charge is 0.226 e. The average molecular weight is 345 g/mol. The van der Waals surface area contributed by atoms with Gasteiger partial charge in [-0.3, -0.25) is 14.8 Å². The van der Waals surface area contributed by atoms with Gasteiger partial charge in [-0.15, -0.1) is 0 Å². The first-order valence-corrected chi connectivity index (χ1v) is 8.12. The molecule has 7 heteroatoms. The summed E-state index contributed by atoms with van der Waals surface area (Å²) in [6, 6.07) is 3.80. The van der Waals surface area contributed by atoms with Gasteiger partial charge in [0.15, 0.2) is 0 Å². The van der Waals surface area contributed by atoms with Gasteiger partial charge in [-0.2, -0.15) is 0 Å². The maximum absolute atomic E-state index is 13.8. The minimum absolute atomic E-state index is 0.0245. The predicted molar refractivity (Wildman–Crippen MR) is 88.3 cm³/mol. The van der Waals surface area contributed by atoms with Gasteiger partial charge in [-0.25, -0.2) is 4.39 Å². The lowest BCUT2D eigenvalue weighted by Gasteiger charge is -2.38. The maximum Gasteiger partial charge on any atom is 0.226 e. The predicted octanol–water partition coefficient (Wildman–Crippen LogP) is 1.80. The maximum atomic E-state index is 13.8. The highest BCUT2D eigenvalue weighted by Gasteiger charge is 2.37. The summed E-state index contributed by atoms with van der Waals surface area (Å²) in [5.74, 6) is -0.105. The molecule has 1 amide bonds. The van der Waals surface area contributed by atoms with Crippen LogP contribution in [-0.2, 0) is 11.2 Å². The molecule has 1 unspecified atom stereocenters. The number of halogens is 1. The van der Waals surface area contributed by atoms with E-state index < -0.39 is 11.9 Å². The quantitative estimate of drug-likeness (QED) is 0.834. The summed E-state index contributed by atoms with van der Waals surface area (Å²) in [4.78, 5) is 20.5. The fourth-order valence-electron chi connectivity index (χ4n) is 3.11. The van der Waals surface area contributed by atoms with E-state index in [2.05, 4.69) is 15.3 Å². The zero-order valence-corrected chi connectivity index (χ0v) is 13.9. The van der Waals surface area contributed by atoms with Crippen LogP contribution in [0.2, 0.25) is 0 Å². The lowest BCUT2D eigenvalue weighted by Crippen LogP contribution is -2.42. The molecule has 0 radical (unpaired) electrons. The van der Waals surface area contributed by atoms with Gasteiger partial charge in [0.1, 0.15) is 11.6 Å². The van der Waals surface area contributed by atoms with Gasteiger partial charge in [0, 0.05) is 24.2 Å². The van der Waals surface area contributed by atoms with Crippen molar-refractivity contribution in [3.63, 3.8) is 0 Å². The molecule has 3 rings (SSSR count). The molecule has 1 heterocycles. The molecular formula is C18H20FN3O3. The molecule has 1 aliphatic carbocycles. The number of carbonyl (C=O) groups excluding carboxylic acids is 1. The number of ether oxygens (including phenoxy) is 1. The molecule has 0 aliphatic heterocycles. The number of aliphatic hydroxyl groups is 1. The van der Waals surface area contributed by atoms with Crippen LogP contribution >= 0.6 is 0 Å². The summed E-state index contributed by atoms with van der Waals surface area (Å²) < 4.78 is 19.1. The molecule has 0 spiro atoms. The third-order valence-corrected chi connectivity index (χ3v) is 4.42. The van der Waals surface area contributed by atoms with Crippen molar-refractivity contribution < 1.29 is 19.0 Å². The summed E-state index contributed by atoms with van der Waals surface area (Å²) in [5, 5.41) is 12.6. The van der Waals surface area contributed by atoms with Crippen LogP contribution in [0.1, 0.15) is 30.1 Å². The summed E-state index contributed by atoms with van der Waals surface area (Å²) >= 11 is 0. The van der Waals surface area contributed by atoms with Crippen molar-refractivity contribution in [1.82, 2.24) is 15.3 Å². The number of amides is 1. The Hall–Kier alpha value is -2.54. The highest BCUT2D eigenvalue weighted by atomic mass is 19.1. The van der Waals surface area contributed by atoms with E-state index in [1.54, 1.807) is 6.07 Å². The Balaban J connectivity index is 1.81. The number of nitrogens with zero attached hydrogens (tertiary/aromatic N) is 2. The molecule has 0 saturated heterocycles. The van der Waals surface area contributed by atoms with Crippen molar-refractivity contribution >= 4 is 5.91 Å². The topological polar surface area (TPSA) is 84.3 Å². The van der Waals surface area contributed by atoms with Crippen LogP contribution in [0.4, 0.5) is 4.39 Å². The summed E-state index contributed by atoms with van der Waals surface area (Å²) in [5.41, 5.74) is 1.13. The van der Waals surface area contributed by atoms with Gasteiger partial charge in [0.05, 0.1) is 31.4 Å². The van der Waals surface area contributed by atoms with E-state index in [0.29, 0.717) is 29.8 Å². The number of hydrogen-bond acceptors (Lipinski definition) is 5. The number of benzene rings is 1. The van der Waals surface area contributed by atoms with E-state index in [9.17, 15) is 14.3 Å². The van der Waals surface area contributed by atoms with Gasteiger partial charge in [0.2, 0.25) is 5.91 Å². The van der Waals surface area contributed by atoms with Crippen molar-refractivity contribution in [2.24, 2.45) is 5.92 Å². The van der Waals surface area contributed by atoms with Gasteiger partial charge < -0.3 is 15.2 Å². The Morgan fingerprint density at radius 2 is 2.24 bits per heavy atom. The lowest BCUT2D eigenvalue weighted by atomic mass is 9.74. The summed E-state index contributed by atoms with van der Waals surface area (Å²) in [6.07, 6.45) is 5.40. The van der Waals surface area contributed by atoms with Gasteiger partial charge >= 0.3 is 0 Å². The number of aliphatic hydroxyl groups excluding tert-OH is 1. The Labute approximate surface area is 145 Å². The van der Waals surface area contributed by atoms with Crippen molar-refractivity contribution in [1.29, 1.82) is 0 Å². The van der Waals surface area contributed by atoms with Gasteiger partial charge in [-0.05, 0) is 37.0 Å². The zero-order valence-electron chi connectivity index (χ0n) is 13.9. The summed E-state index contributed by atoms with van der Waals surface area (Å²) in [6.45, 7) is 0. The molecule has 1 aliphatic rings. The van der Waals surface area contributed by atoms with Crippen LogP contribution in [0.3, 0.4) is 0 Å². The van der Waals surface area contributed by atoms with Crippen LogP contribution in [0.5, 0.6) is 5.75 Å². The van der Waals surface area contributed by atoms with E-state index in [0.717, 1.165) is 0 Å². The first-order valence-electron chi connectivity index (χ1n) is 8.12. The fourth-order valence-corrected chi connectivity index (χ4v) is 3.11. The number of methoxy groups -OCH3 is 1. The van der Waals surface area contributed by atoms with Crippen LogP contribution < -0.4 is 10.1 Å². The molecule has 0 bridgehead atoms. The van der Waals surface area contributed by atoms with E-state index in [1.165, 1.54) is 37.8 Å². The number of aromatic nitrogens is 2. The Morgan fingerprint density at radius 1 is 1.44 bits per heavy atom. The van der Waals surface area contributed by atoms with Crippen molar-refractivity contribution in [3.8, 4) is 5.75 Å². The van der Waals surface area contributed by atoms with E-state index in [4.69, 9.17) is 4.74 Å². The Morgan fingerprint density at radius 3 is 2.88 bits per heavy atom. The van der Waals surface area contributed by atoms with Crippen LogP contribution in [0.25, 0.3) is 0 Å². The molecule has 132 valence electrons. The minimum Gasteiger partial charge on any atom is -0.496 e. The highest BCUT2D eigenvalue weighted by molar-refractivity contribution is 5.78. The molecule has 1 atom stereocenters. The van der Waals surface area contributed by atoms with E-state index in [1.807, 2.05) is 0 Å². The SMILES string of the molecule is COc1ccc(F)cc1C(NC(=O)Cc1cnccn1)C1CC(O)C1. The number of hydrogen-bond donors (Lipinski definition) is 2. The van der Waals surface area contributed by atoms with Crippen molar-refractivity contribution in [2.75, 3.05) is 7.11 Å². The first-order chi connectivity index (χ1) is 12.1. The van der Waals surface area contributed by atoms with E-state index in [-0.39, 0.29) is 24.3 Å². The van der Waals surface area contributed by atoms with Gasteiger partial charge in [-0.1, -0.05) is 0 Å².